The molecule has 1 aromatic carbocycles. The van der Waals surface area contributed by atoms with E-state index in [9.17, 15) is 20.0 Å². The number of nitriles is 1. The Labute approximate surface area is 200 Å². The van der Waals surface area contributed by atoms with Crippen molar-refractivity contribution in [2.45, 2.75) is 25.7 Å². The van der Waals surface area contributed by atoms with Crippen LogP contribution in [0.15, 0.2) is 52.2 Å². The Kier molecular flexibility index (Phi) is 6.20. The van der Waals surface area contributed by atoms with Gasteiger partial charge in [-0.25, -0.2) is 4.98 Å². The zero-order valence-corrected chi connectivity index (χ0v) is 19.6. The van der Waals surface area contributed by atoms with E-state index in [-0.39, 0.29) is 11.5 Å². The number of anilines is 1. The minimum absolute atomic E-state index is 0.248. The number of carbonyl (C=O) groups is 1. The van der Waals surface area contributed by atoms with Gasteiger partial charge in [0, 0.05) is 31.6 Å². The summed E-state index contributed by atoms with van der Waals surface area (Å²) in [5.74, 6) is -2.25. The van der Waals surface area contributed by atoms with E-state index in [4.69, 9.17) is 4.52 Å². The number of aryl methyl sites for hydroxylation is 2. The minimum atomic E-state index is -0.789. The standard InChI is InChI=1S/C24H23N7O4/c1-13-10-26-31(4)20(13)18(17-8-6-5-7-15(17)9-25)14(2)22-29-19(21(32)24(34)30(22)3)23(33)28-16-11-27-35-12-16/h5-8,10-12,14,18,32H,1-4H3,(H,28,33)/t14-,18+/m0/s1. The number of carbonyl (C=O) groups excluding carboxylic acids is 1. The average Bonchev–Trinajstić information content (AvgIpc) is 3.48. The summed E-state index contributed by atoms with van der Waals surface area (Å²) in [5, 5.41) is 30.6. The van der Waals surface area contributed by atoms with E-state index < -0.39 is 34.7 Å². The first-order chi connectivity index (χ1) is 16.7. The van der Waals surface area contributed by atoms with Gasteiger partial charge in [-0.05, 0) is 24.1 Å². The summed E-state index contributed by atoms with van der Waals surface area (Å²) in [6.45, 7) is 3.77. The molecule has 4 rings (SSSR count). The number of rotatable bonds is 6. The van der Waals surface area contributed by atoms with Crippen molar-refractivity contribution >= 4 is 11.6 Å². The predicted molar refractivity (Wildman–Crippen MR) is 125 cm³/mol. The third-order valence-electron chi connectivity index (χ3n) is 6.00. The highest BCUT2D eigenvalue weighted by Crippen LogP contribution is 2.40. The van der Waals surface area contributed by atoms with Crippen molar-refractivity contribution in [2.24, 2.45) is 14.1 Å². The largest absolute Gasteiger partial charge is 0.501 e. The van der Waals surface area contributed by atoms with Crippen LogP contribution in [0.1, 0.15) is 57.5 Å². The lowest BCUT2D eigenvalue weighted by molar-refractivity contribution is 0.101. The summed E-state index contributed by atoms with van der Waals surface area (Å²) >= 11 is 0. The normalized spacial score (nSPS) is 12.7. The lowest BCUT2D eigenvalue weighted by Crippen LogP contribution is -2.30. The van der Waals surface area contributed by atoms with Gasteiger partial charge in [0.2, 0.25) is 5.75 Å². The number of hydrogen-bond donors (Lipinski definition) is 2. The summed E-state index contributed by atoms with van der Waals surface area (Å²) < 4.78 is 7.64. The highest BCUT2D eigenvalue weighted by Gasteiger charge is 2.33. The molecule has 0 spiro atoms. The zero-order valence-electron chi connectivity index (χ0n) is 19.6. The van der Waals surface area contributed by atoms with Crippen LogP contribution in [0, 0.1) is 18.3 Å². The maximum atomic E-state index is 12.9. The third kappa shape index (κ3) is 4.17. The van der Waals surface area contributed by atoms with Crippen molar-refractivity contribution < 1.29 is 14.4 Å². The van der Waals surface area contributed by atoms with Gasteiger partial charge in [0.05, 0.1) is 24.0 Å². The SMILES string of the molecule is Cc1cnn(C)c1[C@@H](c1ccccc1C#N)[C@H](C)c1nc(C(=O)Nc2cnoc2)c(O)c(=O)n1C. The molecule has 0 aliphatic carbocycles. The molecule has 178 valence electrons. The number of nitrogens with zero attached hydrogens (tertiary/aromatic N) is 6. The van der Waals surface area contributed by atoms with Crippen molar-refractivity contribution in [1.29, 1.82) is 5.26 Å². The van der Waals surface area contributed by atoms with Crippen molar-refractivity contribution in [3.05, 3.63) is 87.2 Å². The number of aromatic hydroxyl groups is 1. The summed E-state index contributed by atoms with van der Waals surface area (Å²) in [4.78, 5) is 30.2. The summed E-state index contributed by atoms with van der Waals surface area (Å²) in [6.07, 6.45) is 4.21. The molecule has 11 nitrogen and oxygen atoms in total. The quantitative estimate of drug-likeness (QED) is 0.433. The Morgan fingerprint density at radius 3 is 2.63 bits per heavy atom. The first kappa shape index (κ1) is 23.4. The molecule has 0 aliphatic rings. The summed E-state index contributed by atoms with van der Waals surface area (Å²) in [6, 6.07) is 9.43. The van der Waals surface area contributed by atoms with Crippen LogP contribution in [0.2, 0.25) is 0 Å². The molecule has 0 bridgehead atoms. The number of amides is 1. The van der Waals surface area contributed by atoms with E-state index in [1.165, 1.54) is 24.1 Å². The van der Waals surface area contributed by atoms with Crippen LogP contribution in [0.4, 0.5) is 5.69 Å². The molecule has 0 aliphatic heterocycles. The Balaban J connectivity index is 1.90. The van der Waals surface area contributed by atoms with E-state index in [2.05, 4.69) is 26.6 Å². The van der Waals surface area contributed by atoms with Gasteiger partial charge in [0.15, 0.2) is 5.69 Å². The van der Waals surface area contributed by atoms with E-state index >= 15 is 0 Å². The number of aromatic nitrogens is 5. The smallest absolute Gasteiger partial charge is 0.296 e. The molecule has 4 aromatic rings. The molecule has 0 unspecified atom stereocenters. The topological polar surface area (TPSA) is 152 Å². The average molecular weight is 473 g/mol. The highest BCUT2D eigenvalue weighted by molar-refractivity contribution is 6.04. The fourth-order valence-corrected chi connectivity index (χ4v) is 4.31. The van der Waals surface area contributed by atoms with Crippen molar-refractivity contribution in [2.75, 3.05) is 5.32 Å². The summed E-state index contributed by atoms with van der Waals surface area (Å²) in [7, 11) is 3.28. The van der Waals surface area contributed by atoms with Gasteiger partial charge in [-0.1, -0.05) is 30.3 Å². The zero-order chi connectivity index (χ0) is 25.3. The van der Waals surface area contributed by atoms with Crippen molar-refractivity contribution in [3.8, 4) is 11.8 Å². The molecule has 0 fully saturated rings. The molecular weight excluding hydrogens is 450 g/mol. The lowest BCUT2D eigenvalue weighted by atomic mass is 9.80. The molecule has 0 saturated heterocycles. The van der Waals surface area contributed by atoms with Crippen LogP contribution >= 0.6 is 0 Å². The molecule has 3 heterocycles. The van der Waals surface area contributed by atoms with Gasteiger partial charge in [-0.2, -0.15) is 10.4 Å². The first-order valence-electron chi connectivity index (χ1n) is 10.7. The molecule has 0 saturated carbocycles. The van der Waals surface area contributed by atoms with Gasteiger partial charge in [0.25, 0.3) is 11.5 Å². The van der Waals surface area contributed by atoms with Crippen LogP contribution in [-0.4, -0.2) is 35.5 Å². The van der Waals surface area contributed by atoms with Crippen LogP contribution < -0.4 is 10.9 Å². The molecule has 1 amide bonds. The molecule has 2 N–H and O–H groups in total. The molecule has 35 heavy (non-hydrogen) atoms. The fraction of sp³-hybridized carbons (Fsp3) is 0.250. The van der Waals surface area contributed by atoms with E-state index in [0.29, 0.717) is 5.56 Å². The maximum absolute atomic E-state index is 12.9. The Morgan fingerprint density at radius 2 is 2.00 bits per heavy atom. The molecule has 3 aromatic heterocycles. The van der Waals surface area contributed by atoms with E-state index in [0.717, 1.165) is 16.8 Å². The second-order valence-electron chi connectivity index (χ2n) is 8.20. The van der Waals surface area contributed by atoms with Crippen LogP contribution in [0.5, 0.6) is 5.75 Å². The second-order valence-corrected chi connectivity index (χ2v) is 8.20. The Bertz CT molecular complexity index is 1480. The highest BCUT2D eigenvalue weighted by atomic mass is 16.5. The predicted octanol–water partition coefficient (Wildman–Crippen LogP) is 2.58. The van der Waals surface area contributed by atoms with Gasteiger partial charge >= 0.3 is 0 Å². The first-order valence-corrected chi connectivity index (χ1v) is 10.7. The Hall–Kier alpha value is -4.72. The molecule has 2 atom stereocenters. The van der Waals surface area contributed by atoms with Crippen LogP contribution in [-0.2, 0) is 14.1 Å². The van der Waals surface area contributed by atoms with Gasteiger partial charge < -0.3 is 14.9 Å². The van der Waals surface area contributed by atoms with Crippen LogP contribution in [0.3, 0.4) is 0 Å². The molecular formula is C24H23N7O4. The molecule has 11 heteroatoms. The Morgan fingerprint density at radius 1 is 1.26 bits per heavy atom. The summed E-state index contributed by atoms with van der Waals surface area (Å²) in [5.41, 5.74) is 1.98. The fourth-order valence-electron chi connectivity index (χ4n) is 4.31. The van der Waals surface area contributed by atoms with Gasteiger partial charge in [0.1, 0.15) is 17.8 Å². The monoisotopic (exact) mass is 473 g/mol. The van der Waals surface area contributed by atoms with Crippen molar-refractivity contribution in [3.63, 3.8) is 0 Å². The minimum Gasteiger partial charge on any atom is -0.501 e. The van der Waals surface area contributed by atoms with E-state index in [1.807, 2.05) is 26.0 Å². The van der Waals surface area contributed by atoms with Gasteiger partial charge in [-0.15, -0.1) is 0 Å². The van der Waals surface area contributed by atoms with E-state index in [1.54, 1.807) is 30.1 Å². The second kappa shape index (κ2) is 9.26. The maximum Gasteiger partial charge on any atom is 0.296 e. The van der Waals surface area contributed by atoms with Crippen LogP contribution in [0.25, 0.3) is 0 Å². The van der Waals surface area contributed by atoms with Gasteiger partial charge in [-0.3, -0.25) is 18.8 Å². The number of nitrogens with one attached hydrogen (secondary N) is 1. The van der Waals surface area contributed by atoms with Crippen molar-refractivity contribution in [1.82, 2.24) is 24.5 Å². The lowest BCUT2D eigenvalue weighted by Gasteiger charge is -2.27. The third-order valence-corrected chi connectivity index (χ3v) is 6.00. The number of benzene rings is 1. The number of hydrogen-bond acceptors (Lipinski definition) is 8. The molecule has 0 radical (unpaired) electrons.